The molecule has 0 aliphatic rings. The standard InChI is InChI=1S/C5H11O5P/c1-4(6)9-5(2)10-11(7)8-3/h5,7H,1-3H3. The third-order valence-electron chi connectivity index (χ3n) is 0.727. The lowest BCUT2D eigenvalue weighted by Gasteiger charge is -2.14. The van der Waals surface area contributed by atoms with E-state index in [2.05, 4.69) is 13.8 Å². The van der Waals surface area contributed by atoms with E-state index in [1.165, 1.54) is 21.0 Å². The Bertz CT molecular complexity index is 128. The fourth-order valence-electron chi connectivity index (χ4n) is 0.425. The summed E-state index contributed by atoms with van der Waals surface area (Å²) >= 11 is 0. The van der Waals surface area contributed by atoms with Crippen molar-refractivity contribution >= 4 is 14.6 Å². The van der Waals surface area contributed by atoms with Crippen LogP contribution < -0.4 is 0 Å². The van der Waals surface area contributed by atoms with Crippen molar-refractivity contribution in [1.29, 1.82) is 0 Å². The van der Waals surface area contributed by atoms with Crippen LogP contribution in [0.15, 0.2) is 0 Å². The molecule has 11 heavy (non-hydrogen) atoms. The van der Waals surface area contributed by atoms with E-state index in [-0.39, 0.29) is 0 Å². The van der Waals surface area contributed by atoms with Crippen LogP contribution in [0.4, 0.5) is 0 Å². The second-order valence-corrected chi connectivity index (χ2v) is 2.75. The molecule has 0 aromatic carbocycles. The van der Waals surface area contributed by atoms with E-state index in [0.29, 0.717) is 0 Å². The number of esters is 1. The molecule has 0 saturated heterocycles. The summed E-state index contributed by atoms with van der Waals surface area (Å²) in [5.41, 5.74) is 0. The molecule has 5 nitrogen and oxygen atoms in total. The lowest BCUT2D eigenvalue weighted by Crippen LogP contribution is -2.13. The first-order chi connectivity index (χ1) is 5.06. The van der Waals surface area contributed by atoms with Gasteiger partial charge in [0.25, 0.3) is 0 Å². The van der Waals surface area contributed by atoms with Gasteiger partial charge in [0, 0.05) is 14.0 Å². The van der Waals surface area contributed by atoms with Gasteiger partial charge in [0.05, 0.1) is 0 Å². The van der Waals surface area contributed by atoms with Gasteiger partial charge < -0.3 is 14.2 Å². The Morgan fingerprint density at radius 3 is 2.55 bits per heavy atom. The Morgan fingerprint density at radius 2 is 2.18 bits per heavy atom. The Morgan fingerprint density at radius 1 is 1.64 bits per heavy atom. The van der Waals surface area contributed by atoms with Crippen LogP contribution in [0.2, 0.25) is 0 Å². The normalized spacial score (nSPS) is 15.6. The molecule has 0 fully saturated rings. The van der Waals surface area contributed by atoms with E-state index in [4.69, 9.17) is 4.89 Å². The zero-order chi connectivity index (χ0) is 8.85. The van der Waals surface area contributed by atoms with Gasteiger partial charge in [0.1, 0.15) is 0 Å². The van der Waals surface area contributed by atoms with E-state index in [9.17, 15) is 4.79 Å². The van der Waals surface area contributed by atoms with Gasteiger partial charge in [-0.2, -0.15) is 0 Å². The van der Waals surface area contributed by atoms with E-state index >= 15 is 0 Å². The number of rotatable bonds is 4. The average Bonchev–Trinajstić information content (AvgIpc) is 1.85. The van der Waals surface area contributed by atoms with Crippen molar-refractivity contribution in [3.05, 3.63) is 0 Å². The summed E-state index contributed by atoms with van der Waals surface area (Å²) in [4.78, 5) is 19.1. The van der Waals surface area contributed by atoms with E-state index < -0.39 is 20.9 Å². The number of hydrogen-bond donors (Lipinski definition) is 1. The molecular weight excluding hydrogens is 171 g/mol. The van der Waals surface area contributed by atoms with Crippen molar-refractivity contribution in [3.8, 4) is 0 Å². The molecule has 0 aromatic rings. The molecule has 0 aromatic heterocycles. The van der Waals surface area contributed by atoms with Gasteiger partial charge in [-0.3, -0.25) is 9.32 Å². The number of carbonyl (C=O) groups is 1. The molecule has 6 heteroatoms. The average molecular weight is 182 g/mol. The van der Waals surface area contributed by atoms with Gasteiger partial charge in [-0.05, 0) is 6.92 Å². The molecule has 0 spiro atoms. The highest BCUT2D eigenvalue weighted by Crippen LogP contribution is 2.32. The van der Waals surface area contributed by atoms with Crippen molar-refractivity contribution in [2.45, 2.75) is 20.1 Å². The smallest absolute Gasteiger partial charge is 0.332 e. The second-order valence-electron chi connectivity index (χ2n) is 1.70. The van der Waals surface area contributed by atoms with Crippen LogP contribution in [-0.4, -0.2) is 24.3 Å². The highest BCUT2D eigenvalue weighted by molar-refractivity contribution is 7.40. The molecule has 1 N–H and O–H groups in total. The van der Waals surface area contributed by atoms with E-state index in [1.807, 2.05) is 0 Å². The lowest BCUT2D eigenvalue weighted by molar-refractivity contribution is -0.159. The quantitative estimate of drug-likeness (QED) is 0.395. The predicted molar refractivity (Wildman–Crippen MR) is 38.5 cm³/mol. The molecule has 2 unspecified atom stereocenters. The lowest BCUT2D eigenvalue weighted by atomic mass is 10.7. The van der Waals surface area contributed by atoms with Crippen LogP contribution in [0.3, 0.4) is 0 Å². The van der Waals surface area contributed by atoms with E-state index in [0.717, 1.165) is 0 Å². The van der Waals surface area contributed by atoms with Crippen molar-refractivity contribution in [2.24, 2.45) is 0 Å². The van der Waals surface area contributed by atoms with Crippen LogP contribution in [0.25, 0.3) is 0 Å². The molecule has 0 aliphatic carbocycles. The summed E-state index contributed by atoms with van der Waals surface area (Å²) in [6.07, 6.45) is -0.774. The fourth-order valence-corrected chi connectivity index (χ4v) is 0.808. The summed E-state index contributed by atoms with van der Waals surface area (Å²) in [7, 11) is -0.628. The molecule has 66 valence electrons. The molecule has 0 saturated carbocycles. The fraction of sp³-hybridized carbons (Fsp3) is 0.800. The van der Waals surface area contributed by atoms with Crippen LogP contribution in [0.5, 0.6) is 0 Å². The predicted octanol–water partition coefficient (Wildman–Crippen LogP) is 0.778. The van der Waals surface area contributed by atoms with Crippen molar-refractivity contribution in [1.82, 2.24) is 0 Å². The Hall–Kier alpha value is -0.220. The molecule has 2 atom stereocenters. The molecule has 0 aliphatic heterocycles. The SMILES string of the molecule is COP(O)OC(C)OC(C)=O. The minimum Gasteiger partial charge on any atom is -0.436 e. The second kappa shape index (κ2) is 5.43. The molecule has 0 amide bonds. The highest BCUT2D eigenvalue weighted by Gasteiger charge is 2.12. The number of hydrogen-bond acceptors (Lipinski definition) is 5. The Labute approximate surface area is 66.3 Å². The number of ether oxygens (including phenoxy) is 1. The summed E-state index contributed by atoms with van der Waals surface area (Å²) in [5.74, 6) is -0.461. The third kappa shape index (κ3) is 6.19. The first-order valence-corrected chi connectivity index (χ1v) is 4.06. The highest BCUT2D eigenvalue weighted by atomic mass is 31.2. The van der Waals surface area contributed by atoms with Gasteiger partial charge in [0.15, 0.2) is 0 Å². The topological polar surface area (TPSA) is 65.0 Å². The van der Waals surface area contributed by atoms with Crippen LogP contribution in [0, 0.1) is 0 Å². The molecular formula is C5H11O5P. The molecule has 0 rings (SSSR count). The minimum absolute atomic E-state index is 0.461. The molecule has 0 radical (unpaired) electrons. The van der Waals surface area contributed by atoms with Gasteiger partial charge in [-0.1, -0.05) is 0 Å². The van der Waals surface area contributed by atoms with Gasteiger partial charge >= 0.3 is 14.6 Å². The maximum absolute atomic E-state index is 10.3. The monoisotopic (exact) mass is 182 g/mol. The minimum atomic E-state index is -1.93. The van der Waals surface area contributed by atoms with Crippen molar-refractivity contribution in [2.75, 3.05) is 7.11 Å². The summed E-state index contributed by atoms with van der Waals surface area (Å²) in [5, 5.41) is 0. The van der Waals surface area contributed by atoms with Gasteiger partial charge in [0.2, 0.25) is 6.29 Å². The van der Waals surface area contributed by atoms with Gasteiger partial charge in [-0.25, -0.2) is 0 Å². The summed E-state index contributed by atoms with van der Waals surface area (Å²) in [6.45, 7) is 2.75. The first kappa shape index (κ1) is 10.8. The molecule has 0 heterocycles. The maximum atomic E-state index is 10.3. The zero-order valence-corrected chi connectivity index (χ0v) is 7.50. The summed E-state index contributed by atoms with van der Waals surface area (Å²) in [6, 6.07) is 0. The Balaban J connectivity index is 3.51. The van der Waals surface area contributed by atoms with Crippen LogP contribution >= 0.6 is 8.60 Å². The maximum Gasteiger partial charge on any atom is 0.332 e. The molecule has 0 bridgehead atoms. The van der Waals surface area contributed by atoms with Crippen molar-refractivity contribution in [3.63, 3.8) is 0 Å². The first-order valence-electron chi connectivity index (χ1n) is 2.93. The zero-order valence-electron chi connectivity index (χ0n) is 6.60. The third-order valence-corrected chi connectivity index (χ3v) is 1.52. The van der Waals surface area contributed by atoms with Crippen LogP contribution in [-0.2, 0) is 18.6 Å². The largest absolute Gasteiger partial charge is 0.436 e. The number of carbonyl (C=O) groups excluding carboxylic acids is 1. The summed E-state index contributed by atoms with van der Waals surface area (Å²) < 4.78 is 13.6. The van der Waals surface area contributed by atoms with E-state index in [1.54, 1.807) is 0 Å². The Kier molecular flexibility index (Phi) is 5.32. The van der Waals surface area contributed by atoms with Crippen LogP contribution in [0.1, 0.15) is 13.8 Å². The van der Waals surface area contributed by atoms with Crippen molar-refractivity contribution < 1.29 is 23.5 Å². The van der Waals surface area contributed by atoms with Gasteiger partial charge in [-0.15, -0.1) is 0 Å².